The van der Waals surface area contributed by atoms with Gasteiger partial charge >= 0.3 is 0 Å². The molecule has 9 heteroatoms. The number of aryl methyl sites for hydroxylation is 1. The Kier molecular flexibility index (Phi) is 7.43. The van der Waals surface area contributed by atoms with E-state index in [-0.39, 0.29) is 17.7 Å². The van der Waals surface area contributed by atoms with Crippen molar-refractivity contribution in [2.24, 2.45) is 0 Å². The van der Waals surface area contributed by atoms with Crippen molar-refractivity contribution in [1.29, 1.82) is 0 Å². The lowest BCUT2D eigenvalue weighted by Gasteiger charge is -2.33. The molecule has 2 aromatic carbocycles. The molecule has 204 valence electrons. The number of H-pyrrole nitrogens is 1. The summed E-state index contributed by atoms with van der Waals surface area (Å²) >= 11 is 0. The summed E-state index contributed by atoms with van der Waals surface area (Å²) in [7, 11) is 1.67. The number of aromatic nitrogens is 5. The van der Waals surface area contributed by atoms with Gasteiger partial charge in [-0.05, 0) is 83.8 Å². The number of methoxy groups -OCH3 is 1. The van der Waals surface area contributed by atoms with Crippen LogP contribution in [0, 0.1) is 6.92 Å². The van der Waals surface area contributed by atoms with Crippen LogP contribution in [0.15, 0.2) is 53.3 Å². The Hall–Kier alpha value is -3.56. The second-order valence-electron chi connectivity index (χ2n) is 10.9. The van der Waals surface area contributed by atoms with Crippen molar-refractivity contribution >= 4 is 10.9 Å². The van der Waals surface area contributed by atoms with Crippen LogP contribution in [0.1, 0.15) is 73.1 Å². The number of tetrazole rings is 1. The molecular formula is C30H36N6O3. The van der Waals surface area contributed by atoms with Crippen LogP contribution in [0.5, 0.6) is 5.75 Å². The van der Waals surface area contributed by atoms with Crippen molar-refractivity contribution in [2.45, 2.75) is 70.2 Å². The third-order valence-corrected chi connectivity index (χ3v) is 8.13. The summed E-state index contributed by atoms with van der Waals surface area (Å²) in [6, 6.07) is 16.1. The molecule has 4 aromatic rings. The quantitative estimate of drug-likeness (QED) is 0.336. The number of aromatic amines is 1. The normalized spacial score (nSPS) is 18.8. The number of nitrogens with zero attached hydrogens (tertiary/aromatic N) is 5. The van der Waals surface area contributed by atoms with E-state index in [1.165, 1.54) is 0 Å². The summed E-state index contributed by atoms with van der Waals surface area (Å²) in [5, 5.41) is 14.2. The van der Waals surface area contributed by atoms with E-state index in [0.29, 0.717) is 24.5 Å². The molecule has 1 saturated heterocycles. The third-order valence-electron chi connectivity index (χ3n) is 8.13. The number of benzene rings is 2. The zero-order valence-electron chi connectivity index (χ0n) is 22.7. The number of ether oxygens (including phenoxy) is 2. The molecule has 39 heavy (non-hydrogen) atoms. The predicted molar refractivity (Wildman–Crippen MR) is 149 cm³/mol. The van der Waals surface area contributed by atoms with Gasteiger partial charge in [0, 0.05) is 30.8 Å². The van der Waals surface area contributed by atoms with Crippen LogP contribution >= 0.6 is 0 Å². The van der Waals surface area contributed by atoms with Gasteiger partial charge in [-0.15, -0.1) is 5.10 Å². The molecule has 0 amide bonds. The average Bonchev–Trinajstić information content (AvgIpc) is 3.73. The van der Waals surface area contributed by atoms with E-state index in [1.54, 1.807) is 7.11 Å². The highest BCUT2D eigenvalue weighted by molar-refractivity contribution is 5.79. The minimum atomic E-state index is -0.443. The molecule has 1 saturated carbocycles. The van der Waals surface area contributed by atoms with Gasteiger partial charge in [-0.25, -0.2) is 4.68 Å². The van der Waals surface area contributed by atoms with Crippen LogP contribution < -0.4 is 10.3 Å². The maximum Gasteiger partial charge on any atom is 0.253 e. The number of fused-ring (bicyclic) bond motifs is 1. The van der Waals surface area contributed by atoms with Gasteiger partial charge in [-0.2, -0.15) is 0 Å². The van der Waals surface area contributed by atoms with Crippen molar-refractivity contribution in [2.75, 3.05) is 20.3 Å². The molecule has 9 nitrogen and oxygen atoms in total. The van der Waals surface area contributed by atoms with Gasteiger partial charge in [0.2, 0.25) is 0 Å². The Balaban J connectivity index is 1.49. The van der Waals surface area contributed by atoms with Gasteiger partial charge in [0.25, 0.3) is 5.56 Å². The third kappa shape index (κ3) is 5.46. The lowest BCUT2D eigenvalue weighted by Crippen LogP contribution is -2.39. The van der Waals surface area contributed by atoms with Gasteiger partial charge < -0.3 is 14.5 Å². The second kappa shape index (κ2) is 11.3. The van der Waals surface area contributed by atoms with E-state index in [2.05, 4.69) is 49.7 Å². The van der Waals surface area contributed by atoms with Crippen LogP contribution in [0.4, 0.5) is 0 Å². The molecule has 3 heterocycles. The Bertz CT molecular complexity index is 1470. The van der Waals surface area contributed by atoms with Crippen molar-refractivity contribution in [3.8, 4) is 5.75 Å². The van der Waals surface area contributed by atoms with Gasteiger partial charge in [0.15, 0.2) is 5.82 Å². The molecule has 1 N–H and O–H groups in total. The molecule has 0 unspecified atom stereocenters. The van der Waals surface area contributed by atoms with E-state index in [0.717, 1.165) is 72.9 Å². The molecule has 2 aliphatic rings. The zero-order valence-corrected chi connectivity index (χ0v) is 22.7. The molecule has 0 spiro atoms. The summed E-state index contributed by atoms with van der Waals surface area (Å²) in [5.74, 6) is 1.53. The van der Waals surface area contributed by atoms with Crippen LogP contribution in [0.25, 0.3) is 10.9 Å². The molecule has 0 bridgehead atoms. The molecule has 0 radical (unpaired) electrons. The monoisotopic (exact) mass is 528 g/mol. The maximum absolute atomic E-state index is 13.8. The minimum absolute atomic E-state index is 0.0868. The predicted octanol–water partition coefficient (Wildman–Crippen LogP) is 4.72. The first-order valence-electron chi connectivity index (χ1n) is 14.0. The SMILES string of the molecule is COc1ccc(CN(C[C@H]2CCCO2)[C@H](c2cc3ccc(C)cc3[nH]c2=O)c2nnnn2C2CCCC2)cc1. The second-order valence-corrected chi connectivity index (χ2v) is 10.9. The number of pyridine rings is 1. The van der Waals surface area contributed by atoms with E-state index >= 15 is 0 Å². The summed E-state index contributed by atoms with van der Waals surface area (Å²) < 4.78 is 13.5. The molecule has 6 rings (SSSR count). The van der Waals surface area contributed by atoms with Gasteiger partial charge in [-0.3, -0.25) is 9.69 Å². The topological polar surface area (TPSA) is 98.2 Å². The largest absolute Gasteiger partial charge is 0.497 e. The fourth-order valence-electron chi connectivity index (χ4n) is 6.10. The Labute approximate surface area is 228 Å². The Morgan fingerprint density at radius 2 is 1.92 bits per heavy atom. The number of rotatable bonds is 9. The Morgan fingerprint density at radius 1 is 1.10 bits per heavy atom. The van der Waals surface area contributed by atoms with Crippen molar-refractivity contribution < 1.29 is 9.47 Å². The first-order chi connectivity index (χ1) is 19.1. The number of hydrogen-bond acceptors (Lipinski definition) is 7. The van der Waals surface area contributed by atoms with E-state index in [4.69, 9.17) is 9.47 Å². The Morgan fingerprint density at radius 3 is 2.67 bits per heavy atom. The fraction of sp³-hybridized carbons (Fsp3) is 0.467. The van der Waals surface area contributed by atoms with Gasteiger partial charge in [0.1, 0.15) is 11.8 Å². The maximum atomic E-state index is 13.8. The highest BCUT2D eigenvalue weighted by Crippen LogP contribution is 2.35. The van der Waals surface area contributed by atoms with Gasteiger partial charge in [-0.1, -0.05) is 37.1 Å². The lowest BCUT2D eigenvalue weighted by atomic mass is 10.0. The summed E-state index contributed by atoms with van der Waals surface area (Å²) in [5.41, 5.74) is 3.58. The zero-order chi connectivity index (χ0) is 26.8. The first-order valence-corrected chi connectivity index (χ1v) is 14.0. The van der Waals surface area contributed by atoms with Crippen LogP contribution in [0.3, 0.4) is 0 Å². The molecule has 1 aliphatic carbocycles. The van der Waals surface area contributed by atoms with Crippen LogP contribution in [-0.4, -0.2) is 56.5 Å². The standard InChI is InChI=1S/C30H36N6O3/c1-20-9-12-22-17-26(30(37)31-27(22)16-20)28(29-32-33-34-36(29)23-6-3-4-7-23)35(19-25-8-5-15-39-25)18-21-10-13-24(38-2)14-11-21/h9-14,16-17,23,25,28H,3-8,15,18-19H2,1-2H3,(H,31,37)/t25-,28-/m1/s1. The van der Waals surface area contributed by atoms with E-state index in [9.17, 15) is 4.79 Å². The molecule has 1 aliphatic heterocycles. The van der Waals surface area contributed by atoms with E-state index in [1.807, 2.05) is 35.9 Å². The lowest BCUT2D eigenvalue weighted by molar-refractivity contribution is 0.0569. The summed E-state index contributed by atoms with van der Waals surface area (Å²) in [4.78, 5) is 19.3. The number of nitrogens with one attached hydrogen (secondary N) is 1. The minimum Gasteiger partial charge on any atom is -0.497 e. The molecule has 2 fully saturated rings. The van der Waals surface area contributed by atoms with Crippen molar-refractivity contribution in [3.63, 3.8) is 0 Å². The van der Waals surface area contributed by atoms with Crippen LogP contribution in [-0.2, 0) is 11.3 Å². The average molecular weight is 529 g/mol. The smallest absolute Gasteiger partial charge is 0.253 e. The van der Waals surface area contributed by atoms with Crippen molar-refractivity contribution in [1.82, 2.24) is 30.1 Å². The molecular weight excluding hydrogens is 492 g/mol. The molecule has 2 atom stereocenters. The highest BCUT2D eigenvalue weighted by atomic mass is 16.5. The van der Waals surface area contributed by atoms with E-state index < -0.39 is 6.04 Å². The fourth-order valence-corrected chi connectivity index (χ4v) is 6.10. The van der Waals surface area contributed by atoms with Gasteiger partial charge in [0.05, 0.1) is 19.3 Å². The molecule has 2 aromatic heterocycles. The summed E-state index contributed by atoms with van der Waals surface area (Å²) in [6.45, 7) is 4.07. The first kappa shape index (κ1) is 25.7. The summed E-state index contributed by atoms with van der Waals surface area (Å²) in [6.07, 6.45) is 6.54. The van der Waals surface area contributed by atoms with Crippen LogP contribution in [0.2, 0.25) is 0 Å². The highest BCUT2D eigenvalue weighted by Gasteiger charge is 2.35. The van der Waals surface area contributed by atoms with Crippen molar-refractivity contribution in [3.05, 3.63) is 81.4 Å². The number of hydrogen-bond donors (Lipinski definition) is 1.